The number of nitrogens with zero attached hydrogens (tertiary/aromatic N) is 1. The van der Waals surface area contributed by atoms with Crippen molar-refractivity contribution < 1.29 is 9.18 Å². The molecule has 0 aliphatic heterocycles. The Labute approximate surface area is 150 Å². The lowest BCUT2D eigenvalue weighted by atomic mass is 10.0. The van der Waals surface area contributed by atoms with Crippen molar-refractivity contribution in [3.8, 4) is 6.07 Å². The van der Waals surface area contributed by atoms with Crippen LogP contribution in [-0.2, 0) is 4.79 Å². The summed E-state index contributed by atoms with van der Waals surface area (Å²) in [6.07, 6.45) is 1.26. The van der Waals surface area contributed by atoms with Gasteiger partial charge >= 0.3 is 0 Å². The van der Waals surface area contributed by atoms with E-state index in [-0.39, 0.29) is 10.6 Å². The van der Waals surface area contributed by atoms with E-state index in [4.69, 9.17) is 11.6 Å². The van der Waals surface area contributed by atoms with Crippen LogP contribution in [-0.4, -0.2) is 5.91 Å². The first-order chi connectivity index (χ1) is 11.8. The number of rotatable bonds is 4. The highest BCUT2D eigenvalue weighted by Gasteiger charge is 2.13. The zero-order valence-corrected chi connectivity index (χ0v) is 14.8. The average Bonchev–Trinajstić information content (AvgIpc) is 2.54. The maximum atomic E-state index is 13.1. The molecule has 0 unspecified atom stereocenters. The number of anilines is 2. The maximum Gasteiger partial charge on any atom is 0.267 e. The first-order valence-electron chi connectivity index (χ1n) is 7.53. The second-order valence-corrected chi connectivity index (χ2v) is 6.08. The van der Waals surface area contributed by atoms with Crippen LogP contribution in [0.25, 0.3) is 0 Å². The van der Waals surface area contributed by atoms with Crippen LogP contribution in [0.2, 0.25) is 5.02 Å². The standard InChI is InChI=1S/C19H17ClFN3O/c1-11-6-12(2)18(13(3)7-11)24-19(25)14(9-22)10-23-15-4-5-17(21)16(20)8-15/h4-8,10,23H,1-3H3,(H,24,25)/b14-10-. The molecular weight excluding hydrogens is 341 g/mol. The fraction of sp³-hybridized carbons (Fsp3) is 0.158. The normalized spacial score (nSPS) is 11.0. The largest absolute Gasteiger partial charge is 0.360 e. The monoisotopic (exact) mass is 357 g/mol. The number of hydrogen-bond acceptors (Lipinski definition) is 3. The highest BCUT2D eigenvalue weighted by atomic mass is 35.5. The van der Waals surface area contributed by atoms with Gasteiger partial charge in [-0.25, -0.2) is 4.39 Å². The van der Waals surface area contributed by atoms with Gasteiger partial charge in [-0.3, -0.25) is 4.79 Å². The fourth-order valence-electron chi connectivity index (χ4n) is 2.45. The first kappa shape index (κ1) is 18.5. The molecule has 0 aromatic heterocycles. The lowest BCUT2D eigenvalue weighted by Crippen LogP contribution is -2.16. The van der Waals surface area contributed by atoms with Crippen molar-refractivity contribution in [2.75, 3.05) is 10.6 Å². The molecule has 0 heterocycles. The molecule has 2 rings (SSSR count). The Morgan fingerprint density at radius 1 is 1.20 bits per heavy atom. The maximum absolute atomic E-state index is 13.1. The van der Waals surface area contributed by atoms with Crippen LogP contribution in [0.1, 0.15) is 16.7 Å². The molecule has 2 N–H and O–H groups in total. The molecule has 0 aliphatic rings. The van der Waals surface area contributed by atoms with Crippen LogP contribution >= 0.6 is 11.6 Å². The van der Waals surface area contributed by atoms with Gasteiger partial charge in [0.15, 0.2) is 0 Å². The zero-order chi connectivity index (χ0) is 18.6. The Bertz CT molecular complexity index is 877. The Morgan fingerprint density at radius 3 is 2.40 bits per heavy atom. The summed E-state index contributed by atoms with van der Waals surface area (Å²) in [5.74, 6) is -1.07. The number of hydrogen-bond donors (Lipinski definition) is 2. The number of halogens is 2. The van der Waals surface area contributed by atoms with Gasteiger partial charge in [-0.05, 0) is 50.1 Å². The minimum absolute atomic E-state index is 0.0488. The van der Waals surface area contributed by atoms with Gasteiger partial charge < -0.3 is 10.6 Å². The predicted molar refractivity (Wildman–Crippen MR) is 98.0 cm³/mol. The van der Waals surface area contributed by atoms with Gasteiger partial charge in [0.25, 0.3) is 5.91 Å². The van der Waals surface area contributed by atoms with E-state index in [1.165, 1.54) is 24.4 Å². The van der Waals surface area contributed by atoms with Gasteiger partial charge in [-0.15, -0.1) is 0 Å². The molecule has 0 spiro atoms. The number of nitrogens with one attached hydrogen (secondary N) is 2. The van der Waals surface area contributed by atoms with Gasteiger partial charge in [-0.2, -0.15) is 5.26 Å². The number of carbonyl (C=O) groups excluding carboxylic acids is 1. The topological polar surface area (TPSA) is 64.9 Å². The molecule has 0 saturated heterocycles. The first-order valence-corrected chi connectivity index (χ1v) is 7.90. The van der Waals surface area contributed by atoms with E-state index >= 15 is 0 Å². The quantitative estimate of drug-likeness (QED) is 0.606. The number of amides is 1. The SMILES string of the molecule is Cc1cc(C)c(NC(=O)/C(C#N)=C\Nc2ccc(F)c(Cl)c2)c(C)c1. The average molecular weight is 358 g/mol. The van der Waals surface area contributed by atoms with Crippen molar-refractivity contribution in [2.24, 2.45) is 0 Å². The zero-order valence-electron chi connectivity index (χ0n) is 14.1. The molecule has 4 nitrogen and oxygen atoms in total. The lowest BCUT2D eigenvalue weighted by molar-refractivity contribution is -0.112. The summed E-state index contributed by atoms with van der Waals surface area (Å²) in [7, 11) is 0. The molecule has 0 fully saturated rings. The van der Waals surface area contributed by atoms with Gasteiger partial charge in [0.05, 0.1) is 5.02 Å². The minimum atomic E-state index is -0.542. The van der Waals surface area contributed by atoms with Gasteiger partial charge in [-0.1, -0.05) is 29.3 Å². The molecule has 0 radical (unpaired) electrons. The highest BCUT2D eigenvalue weighted by molar-refractivity contribution is 6.31. The molecule has 128 valence electrons. The number of carbonyl (C=O) groups is 1. The van der Waals surface area contributed by atoms with Crippen LogP contribution in [0, 0.1) is 37.9 Å². The van der Waals surface area contributed by atoms with Crippen molar-refractivity contribution in [1.82, 2.24) is 0 Å². The van der Waals surface area contributed by atoms with E-state index in [2.05, 4.69) is 10.6 Å². The molecule has 2 aromatic carbocycles. The summed E-state index contributed by atoms with van der Waals surface area (Å²) in [6.45, 7) is 5.76. The third-order valence-corrected chi connectivity index (χ3v) is 3.87. The molecule has 2 aromatic rings. The molecule has 25 heavy (non-hydrogen) atoms. The summed E-state index contributed by atoms with van der Waals surface area (Å²) in [6, 6.07) is 9.78. The van der Waals surface area contributed by atoms with Crippen molar-refractivity contribution in [1.29, 1.82) is 5.26 Å². The summed E-state index contributed by atoms with van der Waals surface area (Å²) in [5.41, 5.74) is 3.97. The summed E-state index contributed by atoms with van der Waals surface area (Å²) in [4.78, 5) is 12.3. The molecule has 0 saturated carbocycles. The van der Waals surface area contributed by atoms with Crippen LogP contribution in [0.4, 0.5) is 15.8 Å². The van der Waals surface area contributed by atoms with E-state index in [9.17, 15) is 14.4 Å². The molecule has 1 amide bonds. The number of benzene rings is 2. The molecule has 0 atom stereocenters. The van der Waals surface area contributed by atoms with Crippen LogP contribution < -0.4 is 10.6 Å². The van der Waals surface area contributed by atoms with E-state index in [1.54, 1.807) is 0 Å². The van der Waals surface area contributed by atoms with E-state index < -0.39 is 11.7 Å². The van der Waals surface area contributed by atoms with E-state index in [0.717, 1.165) is 16.7 Å². The molecule has 0 bridgehead atoms. The molecular formula is C19H17ClFN3O. The Morgan fingerprint density at radius 2 is 1.84 bits per heavy atom. The van der Waals surface area contributed by atoms with Crippen molar-refractivity contribution in [3.63, 3.8) is 0 Å². The van der Waals surface area contributed by atoms with Gasteiger partial charge in [0.2, 0.25) is 0 Å². The van der Waals surface area contributed by atoms with Crippen molar-refractivity contribution >= 4 is 28.9 Å². The molecule has 6 heteroatoms. The predicted octanol–water partition coefficient (Wildman–Crippen LogP) is 4.86. The van der Waals surface area contributed by atoms with Gasteiger partial charge in [0, 0.05) is 17.6 Å². The molecule has 0 aliphatic carbocycles. The second kappa shape index (κ2) is 7.82. The fourth-order valence-corrected chi connectivity index (χ4v) is 2.63. The Balaban J connectivity index is 2.18. The Hall–Kier alpha value is -2.84. The van der Waals surface area contributed by atoms with Crippen molar-refractivity contribution in [2.45, 2.75) is 20.8 Å². The van der Waals surface area contributed by atoms with Gasteiger partial charge in [0.1, 0.15) is 17.5 Å². The van der Waals surface area contributed by atoms with Crippen LogP contribution in [0.5, 0.6) is 0 Å². The summed E-state index contributed by atoms with van der Waals surface area (Å²) >= 11 is 5.70. The lowest BCUT2D eigenvalue weighted by Gasteiger charge is -2.12. The van der Waals surface area contributed by atoms with Crippen LogP contribution in [0.15, 0.2) is 42.1 Å². The van der Waals surface area contributed by atoms with E-state index in [1.807, 2.05) is 39.0 Å². The Kier molecular flexibility index (Phi) is 5.79. The summed E-state index contributed by atoms with van der Waals surface area (Å²) in [5, 5.41) is 14.7. The number of nitriles is 1. The third kappa shape index (κ3) is 4.59. The second-order valence-electron chi connectivity index (χ2n) is 5.67. The summed E-state index contributed by atoms with van der Waals surface area (Å²) < 4.78 is 13.1. The highest BCUT2D eigenvalue weighted by Crippen LogP contribution is 2.23. The smallest absolute Gasteiger partial charge is 0.267 e. The van der Waals surface area contributed by atoms with Crippen molar-refractivity contribution in [3.05, 3.63) is 69.6 Å². The van der Waals surface area contributed by atoms with Crippen LogP contribution in [0.3, 0.4) is 0 Å². The third-order valence-electron chi connectivity index (χ3n) is 3.58. The number of aryl methyl sites for hydroxylation is 3. The van der Waals surface area contributed by atoms with E-state index in [0.29, 0.717) is 11.4 Å². The minimum Gasteiger partial charge on any atom is -0.360 e.